The third-order valence-electron chi connectivity index (χ3n) is 4.86. The second-order valence-electron chi connectivity index (χ2n) is 6.68. The number of carbonyl (C=O) groups excluding carboxylic acids is 1. The molecule has 0 radical (unpaired) electrons. The minimum absolute atomic E-state index is 0.548. The van der Waals surface area contributed by atoms with E-state index in [9.17, 15) is 4.79 Å². The van der Waals surface area contributed by atoms with Crippen LogP contribution in [0.1, 0.15) is 45.0 Å². The Morgan fingerprint density at radius 3 is 2.71 bits per heavy atom. The molecule has 0 atom stereocenters. The maximum atomic E-state index is 11.2. The Balaban J connectivity index is 2.30. The van der Waals surface area contributed by atoms with E-state index in [-0.39, 0.29) is 0 Å². The maximum absolute atomic E-state index is 11.2. The van der Waals surface area contributed by atoms with Crippen LogP contribution in [0.25, 0.3) is 17.1 Å². The van der Waals surface area contributed by atoms with Crippen molar-refractivity contribution in [3.05, 3.63) is 47.8 Å². The van der Waals surface area contributed by atoms with Gasteiger partial charge in [-0.2, -0.15) is 0 Å². The Bertz CT molecular complexity index is 819. The van der Waals surface area contributed by atoms with Gasteiger partial charge in [-0.3, -0.25) is 10.0 Å². The van der Waals surface area contributed by atoms with E-state index in [4.69, 9.17) is 10.2 Å². The summed E-state index contributed by atoms with van der Waals surface area (Å²) in [5.41, 5.74) is 4.52. The Morgan fingerprint density at radius 1 is 1.25 bits per heavy atom. The number of hydrogen-bond donors (Lipinski definition) is 2. The molecule has 2 N–H and O–H groups in total. The van der Waals surface area contributed by atoms with E-state index in [1.54, 1.807) is 11.6 Å². The molecular weight excluding hydrogens is 352 g/mol. The average molecular weight is 385 g/mol. The fourth-order valence-corrected chi connectivity index (χ4v) is 3.23. The highest BCUT2D eigenvalue weighted by Crippen LogP contribution is 2.20. The molecule has 1 heterocycles. The van der Waals surface area contributed by atoms with Crippen molar-refractivity contribution in [1.82, 2.24) is 19.9 Å². The standard InChI is InChI=1S/C22H32N4O2/c1-4-7-8-9-10-21-23-19-17-18(12-14-22(27)24-28)11-13-20(19)26(21)16-15-25(5-2)6-3/h7-8,11-14,17,28H,4-6,9-10,15-16H2,1-3H3,(H,24,27)/b8-7+,14-12+. The number of imidazole rings is 1. The third kappa shape index (κ3) is 6.04. The minimum atomic E-state index is -0.548. The van der Waals surface area contributed by atoms with E-state index in [0.717, 1.165) is 67.9 Å². The molecule has 0 aliphatic heterocycles. The number of nitrogens with zero attached hydrogens (tertiary/aromatic N) is 3. The molecule has 152 valence electrons. The van der Waals surface area contributed by atoms with E-state index in [1.165, 1.54) is 6.08 Å². The summed E-state index contributed by atoms with van der Waals surface area (Å²) < 4.78 is 2.32. The second kappa shape index (κ2) is 11.4. The van der Waals surface area contributed by atoms with Crippen LogP contribution in [0.2, 0.25) is 0 Å². The molecule has 1 aromatic heterocycles. The van der Waals surface area contributed by atoms with Crippen LogP contribution in [0.15, 0.2) is 36.4 Å². The lowest BCUT2D eigenvalue weighted by Gasteiger charge is -2.19. The monoisotopic (exact) mass is 384 g/mol. The molecular formula is C22H32N4O2. The van der Waals surface area contributed by atoms with Crippen LogP contribution in [0.5, 0.6) is 0 Å². The smallest absolute Gasteiger partial charge is 0.267 e. The van der Waals surface area contributed by atoms with Gasteiger partial charge in [0.25, 0.3) is 5.91 Å². The first-order chi connectivity index (χ1) is 13.6. The summed E-state index contributed by atoms with van der Waals surface area (Å²) in [6, 6.07) is 6.02. The van der Waals surface area contributed by atoms with Gasteiger partial charge in [-0.25, -0.2) is 10.5 Å². The van der Waals surface area contributed by atoms with E-state index in [0.29, 0.717) is 0 Å². The molecule has 0 saturated heterocycles. The van der Waals surface area contributed by atoms with E-state index >= 15 is 0 Å². The van der Waals surface area contributed by atoms with Crippen LogP contribution in [-0.2, 0) is 17.8 Å². The predicted octanol–water partition coefficient (Wildman–Crippen LogP) is 3.80. The zero-order valence-corrected chi connectivity index (χ0v) is 17.2. The van der Waals surface area contributed by atoms with Gasteiger partial charge < -0.3 is 9.47 Å². The van der Waals surface area contributed by atoms with Crippen molar-refractivity contribution in [3.8, 4) is 0 Å². The Morgan fingerprint density at radius 2 is 2.04 bits per heavy atom. The summed E-state index contributed by atoms with van der Waals surface area (Å²) in [5, 5.41) is 8.61. The van der Waals surface area contributed by atoms with Crippen molar-refractivity contribution >= 4 is 23.0 Å². The van der Waals surface area contributed by atoms with Gasteiger partial charge in [0.05, 0.1) is 11.0 Å². The number of aromatic nitrogens is 2. The van der Waals surface area contributed by atoms with Crippen molar-refractivity contribution in [2.45, 2.75) is 46.6 Å². The van der Waals surface area contributed by atoms with Gasteiger partial charge in [0.1, 0.15) is 5.82 Å². The number of fused-ring (bicyclic) bond motifs is 1. The predicted molar refractivity (Wildman–Crippen MR) is 114 cm³/mol. The summed E-state index contributed by atoms with van der Waals surface area (Å²) >= 11 is 0. The van der Waals surface area contributed by atoms with Crippen molar-refractivity contribution in [1.29, 1.82) is 0 Å². The fraction of sp³-hybridized carbons (Fsp3) is 0.455. The summed E-state index contributed by atoms with van der Waals surface area (Å²) in [7, 11) is 0. The normalized spacial score (nSPS) is 12.0. The molecule has 2 rings (SSSR count). The zero-order chi connectivity index (χ0) is 20.4. The molecule has 0 unspecified atom stereocenters. The van der Waals surface area contributed by atoms with E-state index < -0.39 is 5.91 Å². The molecule has 28 heavy (non-hydrogen) atoms. The average Bonchev–Trinajstić information content (AvgIpc) is 3.06. The number of allylic oxidation sites excluding steroid dienone is 2. The fourth-order valence-electron chi connectivity index (χ4n) is 3.23. The van der Waals surface area contributed by atoms with Crippen molar-refractivity contribution in [3.63, 3.8) is 0 Å². The van der Waals surface area contributed by atoms with Crippen LogP contribution in [0.3, 0.4) is 0 Å². The first-order valence-electron chi connectivity index (χ1n) is 10.1. The van der Waals surface area contributed by atoms with E-state index in [2.05, 4.69) is 48.5 Å². The maximum Gasteiger partial charge on any atom is 0.267 e. The van der Waals surface area contributed by atoms with Gasteiger partial charge in [0.15, 0.2) is 0 Å². The third-order valence-corrected chi connectivity index (χ3v) is 4.86. The molecule has 6 heteroatoms. The zero-order valence-electron chi connectivity index (χ0n) is 17.2. The summed E-state index contributed by atoms with van der Waals surface area (Å²) in [6.07, 6.45) is 10.3. The molecule has 0 aliphatic rings. The number of benzene rings is 1. The molecule has 1 aromatic carbocycles. The van der Waals surface area contributed by atoms with Crippen molar-refractivity contribution in [2.24, 2.45) is 0 Å². The molecule has 0 spiro atoms. The molecule has 1 amide bonds. The summed E-state index contributed by atoms with van der Waals surface area (Å²) in [5.74, 6) is 0.547. The lowest BCUT2D eigenvalue weighted by atomic mass is 10.2. The largest absolute Gasteiger partial charge is 0.327 e. The molecule has 0 aliphatic carbocycles. The number of likely N-dealkylation sites (N-methyl/N-ethyl adjacent to an activating group) is 1. The highest BCUT2D eigenvalue weighted by atomic mass is 16.5. The SMILES string of the molecule is CC/C=C/CCc1nc2cc(/C=C/C(=O)NO)ccc2n1CCN(CC)CC. The number of hydroxylamine groups is 1. The second-order valence-corrected chi connectivity index (χ2v) is 6.68. The highest BCUT2D eigenvalue weighted by molar-refractivity contribution is 5.91. The topological polar surface area (TPSA) is 70.4 Å². The van der Waals surface area contributed by atoms with Crippen LogP contribution < -0.4 is 5.48 Å². The van der Waals surface area contributed by atoms with Crippen molar-refractivity contribution in [2.75, 3.05) is 19.6 Å². The van der Waals surface area contributed by atoms with Crippen molar-refractivity contribution < 1.29 is 10.0 Å². The number of aryl methyl sites for hydroxylation is 1. The lowest BCUT2D eigenvalue weighted by molar-refractivity contribution is -0.124. The van der Waals surface area contributed by atoms with Crippen LogP contribution in [-0.4, -0.2) is 45.2 Å². The molecule has 0 saturated carbocycles. The van der Waals surface area contributed by atoms with Gasteiger partial charge in [0.2, 0.25) is 0 Å². The molecule has 0 fully saturated rings. The van der Waals surface area contributed by atoms with Crippen LogP contribution in [0, 0.1) is 0 Å². The summed E-state index contributed by atoms with van der Waals surface area (Å²) in [4.78, 5) is 18.5. The molecule has 6 nitrogen and oxygen atoms in total. The highest BCUT2D eigenvalue weighted by Gasteiger charge is 2.11. The van der Waals surface area contributed by atoms with E-state index in [1.807, 2.05) is 12.1 Å². The Labute approximate surface area is 167 Å². The summed E-state index contributed by atoms with van der Waals surface area (Å²) in [6.45, 7) is 10.5. The number of amides is 1. The van der Waals surface area contributed by atoms with Gasteiger partial charge in [0, 0.05) is 25.6 Å². The first kappa shape index (κ1) is 21.9. The number of nitrogens with one attached hydrogen (secondary N) is 1. The number of hydrogen-bond acceptors (Lipinski definition) is 4. The quantitative estimate of drug-likeness (QED) is 0.268. The van der Waals surface area contributed by atoms with Gasteiger partial charge in [-0.15, -0.1) is 0 Å². The van der Waals surface area contributed by atoms with Gasteiger partial charge >= 0.3 is 0 Å². The Hall–Kier alpha value is -2.44. The number of carbonyl (C=O) groups is 1. The Kier molecular flexibility index (Phi) is 8.91. The van der Waals surface area contributed by atoms with Crippen LogP contribution in [0.4, 0.5) is 0 Å². The number of rotatable bonds is 11. The molecule has 0 bridgehead atoms. The lowest BCUT2D eigenvalue weighted by Crippen LogP contribution is -2.27. The van der Waals surface area contributed by atoms with Gasteiger partial charge in [-0.1, -0.05) is 39.0 Å². The molecule has 2 aromatic rings. The van der Waals surface area contributed by atoms with Crippen LogP contribution >= 0.6 is 0 Å². The first-order valence-corrected chi connectivity index (χ1v) is 10.1. The van der Waals surface area contributed by atoms with Gasteiger partial charge in [-0.05, 0) is 49.7 Å². The minimum Gasteiger partial charge on any atom is -0.327 e.